The summed E-state index contributed by atoms with van der Waals surface area (Å²) in [6.45, 7) is 7.95. The van der Waals surface area contributed by atoms with Crippen LogP contribution in [0, 0.1) is 19.8 Å². The van der Waals surface area contributed by atoms with Crippen LogP contribution in [0.15, 0.2) is 12.1 Å². The molecule has 0 spiro atoms. The first-order chi connectivity index (χ1) is 7.41. The van der Waals surface area contributed by atoms with E-state index in [2.05, 4.69) is 5.32 Å². The van der Waals surface area contributed by atoms with Gasteiger partial charge in [-0.1, -0.05) is 19.9 Å². The lowest BCUT2D eigenvalue weighted by Gasteiger charge is -2.14. The van der Waals surface area contributed by atoms with Crippen molar-refractivity contribution < 1.29 is 4.79 Å². The molecule has 1 rings (SSSR count). The van der Waals surface area contributed by atoms with Gasteiger partial charge in [0.15, 0.2) is 0 Å². The Bertz CT molecular complexity index is 397. The van der Waals surface area contributed by atoms with Crippen molar-refractivity contribution in [3.05, 3.63) is 23.3 Å². The summed E-state index contributed by atoms with van der Waals surface area (Å²) in [4.78, 5) is 11.7. The van der Waals surface area contributed by atoms with Crippen LogP contribution >= 0.6 is 0 Å². The molecule has 0 radical (unpaired) electrons. The van der Waals surface area contributed by atoms with Gasteiger partial charge in [-0.15, -0.1) is 0 Å². The van der Waals surface area contributed by atoms with E-state index in [0.717, 1.165) is 16.8 Å². The van der Waals surface area contributed by atoms with Crippen molar-refractivity contribution in [3.63, 3.8) is 0 Å². The molecule has 0 aromatic heterocycles. The van der Waals surface area contributed by atoms with Crippen LogP contribution in [0.4, 0.5) is 11.4 Å². The zero-order chi connectivity index (χ0) is 12.3. The molecule has 0 heterocycles. The number of aryl methyl sites for hydroxylation is 1. The van der Waals surface area contributed by atoms with Gasteiger partial charge in [-0.2, -0.15) is 0 Å². The van der Waals surface area contributed by atoms with E-state index in [1.165, 1.54) is 0 Å². The molecule has 0 bridgehead atoms. The summed E-state index contributed by atoms with van der Waals surface area (Å²) in [5, 5.41) is 2.93. The molecule has 16 heavy (non-hydrogen) atoms. The van der Waals surface area contributed by atoms with Crippen LogP contribution in [0.3, 0.4) is 0 Å². The number of nitrogens with one attached hydrogen (secondary N) is 1. The molecule has 0 saturated carbocycles. The summed E-state index contributed by atoms with van der Waals surface area (Å²) in [5.41, 5.74) is 9.37. The quantitative estimate of drug-likeness (QED) is 0.769. The Morgan fingerprint density at radius 3 is 2.56 bits per heavy atom. The number of anilines is 2. The Morgan fingerprint density at radius 1 is 1.38 bits per heavy atom. The zero-order valence-corrected chi connectivity index (χ0v) is 10.4. The molecule has 1 aromatic rings. The number of carbonyl (C=O) groups is 1. The van der Waals surface area contributed by atoms with Crippen molar-refractivity contribution in [1.29, 1.82) is 0 Å². The van der Waals surface area contributed by atoms with E-state index in [4.69, 9.17) is 5.73 Å². The molecule has 0 atom stereocenters. The molecule has 0 saturated heterocycles. The Labute approximate surface area is 97.0 Å². The normalized spacial score (nSPS) is 10.6. The van der Waals surface area contributed by atoms with Crippen molar-refractivity contribution in [2.75, 3.05) is 11.1 Å². The Balaban J connectivity index is 2.88. The molecule has 88 valence electrons. The van der Waals surface area contributed by atoms with E-state index in [1.807, 2.05) is 39.8 Å². The average Bonchev–Trinajstić information content (AvgIpc) is 2.17. The smallest absolute Gasteiger partial charge is 0.224 e. The SMILES string of the molecule is Cc1ccc(N)c(C)c1NC(=O)CC(C)C. The monoisotopic (exact) mass is 220 g/mol. The van der Waals surface area contributed by atoms with Crippen LogP contribution in [-0.4, -0.2) is 5.91 Å². The summed E-state index contributed by atoms with van der Waals surface area (Å²) < 4.78 is 0. The highest BCUT2D eigenvalue weighted by atomic mass is 16.1. The molecule has 1 aromatic carbocycles. The number of amides is 1. The first-order valence-electron chi connectivity index (χ1n) is 5.57. The predicted molar refractivity (Wildman–Crippen MR) is 68.4 cm³/mol. The topological polar surface area (TPSA) is 55.1 Å². The largest absolute Gasteiger partial charge is 0.398 e. The van der Waals surface area contributed by atoms with E-state index in [-0.39, 0.29) is 5.91 Å². The number of hydrogen-bond donors (Lipinski definition) is 2. The highest BCUT2D eigenvalue weighted by molar-refractivity contribution is 5.93. The highest BCUT2D eigenvalue weighted by Gasteiger charge is 2.10. The zero-order valence-electron chi connectivity index (χ0n) is 10.4. The summed E-state index contributed by atoms with van der Waals surface area (Å²) in [6, 6.07) is 3.79. The second-order valence-electron chi connectivity index (χ2n) is 4.62. The van der Waals surface area contributed by atoms with Gasteiger partial charge in [-0.3, -0.25) is 4.79 Å². The first-order valence-corrected chi connectivity index (χ1v) is 5.57. The highest BCUT2D eigenvalue weighted by Crippen LogP contribution is 2.25. The van der Waals surface area contributed by atoms with Gasteiger partial charge in [0.05, 0.1) is 0 Å². The fourth-order valence-corrected chi connectivity index (χ4v) is 1.62. The number of rotatable bonds is 3. The second-order valence-corrected chi connectivity index (χ2v) is 4.62. The maximum absolute atomic E-state index is 11.7. The lowest BCUT2D eigenvalue weighted by Crippen LogP contribution is -2.15. The Hall–Kier alpha value is -1.51. The second kappa shape index (κ2) is 5.01. The third kappa shape index (κ3) is 2.99. The third-order valence-corrected chi connectivity index (χ3v) is 2.57. The van der Waals surface area contributed by atoms with Crippen LogP contribution in [0.2, 0.25) is 0 Å². The number of hydrogen-bond acceptors (Lipinski definition) is 2. The average molecular weight is 220 g/mol. The molecule has 0 unspecified atom stereocenters. The van der Waals surface area contributed by atoms with E-state index >= 15 is 0 Å². The maximum atomic E-state index is 11.7. The lowest BCUT2D eigenvalue weighted by molar-refractivity contribution is -0.116. The molecule has 3 heteroatoms. The fourth-order valence-electron chi connectivity index (χ4n) is 1.62. The summed E-state index contributed by atoms with van der Waals surface area (Å²) in [7, 11) is 0. The minimum absolute atomic E-state index is 0.0480. The van der Waals surface area contributed by atoms with Crippen LogP contribution < -0.4 is 11.1 Å². The van der Waals surface area contributed by atoms with Gasteiger partial charge in [-0.25, -0.2) is 0 Å². The van der Waals surface area contributed by atoms with Gasteiger partial charge in [-0.05, 0) is 37.0 Å². The minimum Gasteiger partial charge on any atom is -0.398 e. The molecule has 1 amide bonds. The van der Waals surface area contributed by atoms with E-state index in [1.54, 1.807) is 0 Å². The molecule has 0 aliphatic carbocycles. The summed E-state index contributed by atoms with van der Waals surface area (Å²) in [5.74, 6) is 0.411. The third-order valence-electron chi connectivity index (χ3n) is 2.57. The van der Waals surface area contributed by atoms with Gasteiger partial charge >= 0.3 is 0 Å². The Morgan fingerprint density at radius 2 is 2.00 bits per heavy atom. The van der Waals surface area contributed by atoms with Gasteiger partial charge in [0.2, 0.25) is 5.91 Å². The summed E-state index contributed by atoms with van der Waals surface area (Å²) >= 11 is 0. The number of nitrogens with two attached hydrogens (primary N) is 1. The van der Waals surface area contributed by atoms with Crippen molar-refractivity contribution in [2.45, 2.75) is 34.1 Å². The van der Waals surface area contributed by atoms with Crippen LogP contribution in [0.1, 0.15) is 31.4 Å². The molecular weight excluding hydrogens is 200 g/mol. The minimum atomic E-state index is 0.0480. The van der Waals surface area contributed by atoms with Crippen LogP contribution in [-0.2, 0) is 4.79 Å². The standard InChI is InChI=1S/C13H20N2O/c1-8(2)7-12(16)15-13-9(3)5-6-11(14)10(13)4/h5-6,8H,7,14H2,1-4H3,(H,15,16). The Kier molecular flexibility index (Phi) is 3.93. The van der Waals surface area contributed by atoms with E-state index < -0.39 is 0 Å². The molecule has 3 N–H and O–H groups in total. The molecular formula is C13H20N2O. The van der Waals surface area contributed by atoms with Gasteiger partial charge in [0.25, 0.3) is 0 Å². The number of benzene rings is 1. The van der Waals surface area contributed by atoms with E-state index in [0.29, 0.717) is 18.0 Å². The van der Waals surface area contributed by atoms with Gasteiger partial charge < -0.3 is 11.1 Å². The van der Waals surface area contributed by atoms with E-state index in [9.17, 15) is 4.79 Å². The maximum Gasteiger partial charge on any atom is 0.224 e. The molecule has 0 fully saturated rings. The van der Waals surface area contributed by atoms with Crippen LogP contribution in [0.5, 0.6) is 0 Å². The van der Waals surface area contributed by atoms with Crippen molar-refractivity contribution in [3.8, 4) is 0 Å². The van der Waals surface area contributed by atoms with Crippen LogP contribution in [0.25, 0.3) is 0 Å². The molecule has 0 aliphatic rings. The lowest BCUT2D eigenvalue weighted by atomic mass is 10.1. The van der Waals surface area contributed by atoms with Crippen molar-refractivity contribution >= 4 is 17.3 Å². The molecule has 0 aliphatic heterocycles. The number of nitrogen functional groups attached to an aromatic ring is 1. The molecule has 3 nitrogen and oxygen atoms in total. The van der Waals surface area contributed by atoms with Crippen molar-refractivity contribution in [2.24, 2.45) is 5.92 Å². The van der Waals surface area contributed by atoms with Gasteiger partial charge in [0.1, 0.15) is 0 Å². The van der Waals surface area contributed by atoms with Gasteiger partial charge in [0, 0.05) is 17.8 Å². The first kappa shape index (κ1) is 12.6. The number of carbonyl (C=O) groups excluding carboxylic acids is 1. The predicted octanol–water partition coefficient (Wildman–Crippen LogP) is 2.87. The summed E-state index contributed by atoms with van der Waals surface area (Å²) in [6.07, 6.45) is 0.535. The van der Waals surface area contributed by atoms with Crippen molar-refractivity contribution in [1.82, 2.24) is 0 Å². The fraction of sp³-hybridized carbons (Fsp3) is 0.462.